The van der Waals surface area contributed by atoms with E-state index >= 15 is 0 Å². The van der Waals surface area contributed by atoms with Crippen LogP contribution in [0.15, 0.2) is 36.8 Å². The molecule has 12 heteroatoms. The second kappa shape index (κ2) is 12.5. The molecule has 190 valence electrons. The Labute approximate surface area is 202 Å². The number of phenolic OH excluding ortho intramolecular Hbond substituents is 1. The van der Waals surface area contributed by atoms with Gasteiger partial charge in [0.2, 0.25) is 17.7 Å². The number of benzene rings is 1. The number of aromatic hydroxyl groups is 1. The number of amides is 3. The highest BCUT2D eigenvalue weighted by molar-refractivity contribution is 5.94. The topological polar surface area (TPSA) is 200 Å². The zero-order chi connectivity index (χ0) is 26.1. The van der Waals surface area contributed by atoms with Crippen LogP contribution in [0, 0.1) is 5.92 Å². The molecule has 0 spiro atoms. The quantitative estimate of drug-likeness (QED) is 0.206. The summed E-state index contributed by atoms with van der Waals surface area (Å²) in [6, 6.07) is 1.79. The summed E-state index contributed by atoms with van der Waals surface area (Å²) in [5.74, 6) is -3.41. The smallest absolute Gasteiger partial charge is 0.326 e. The Hall–Kier alpha value is -3.93. The van der Waals surface area contributed by atoms with Crippen molar-refractivity contribution in [3.8, 4) is 5.75 Å². The summed E-state index contributed by atoms with van der Waals surface area (Å²) in [5.41, 5.74) is 6.72. The van der Waals surface area contributed by atoms with E-state index in [0.29, 0.717) is 11.3 Å². The maximum Gasteiger partial charge on any atom is 0.326 e. The van der Waals surface area contributed by atoms with E-state index in [2.05, 4.69) is 25.9 Å². The van der Waals surface area contributed by atoms with Crippen molar-refractivity contribution in [2.45, 2.75) is 57.8 Å². The van der Waals surface area contributed by atoms with Crippen LogP contribution in [0.3, 0.4) is 0 Å². The molecule has 0 aliphatic carbocycles. The van der Waals surface area contributed by atoms with Crippen LogP contribution in [0.4, 0.5) is 0 Å². The molecular weight excluding hydrogens is 456 g/mol. The largest absolute Gasteiger partial charge is 0.508 e. The highest BCUT2D eigenvalue weighted by Gasteiger charge is 2.31. The summed E-state index contributed by atoms with van der Waals surface area (Å²) in [6.45, 7) is 4.94. The lowest BCUT2D eigenvalue weighted by Gasteiger charge is -2.26. The van der Waals surface area contributed by atoms with Gasteiger partial charge >= 0.3 is 5.97 Å². The second-order valence-corrected chi connectivity index (χ2v) is 8.63. The number of imidazole rings is 1. The normalized spacial score (nSPS) is 14.4. The van der Waals surface area contributed by atoms with E-state index in [1.54, 1.807) is 26.0 Å². The van der Waals surface area contributed by atoms with Crippen LogP contribution >= 0.6 is 0 Å². The van der Waals surface area contributed by atoms with E-state index in [4.69, 9.17) is 5.73 Å². The third-order valence-electron chi connectivity index (χ3n) is 5.26. The Morgan fingerprint density at radius 1 is 0.943 bits per heavy atom. The molecule has 3 amide bonds. The lowest BCUT2D eigenvalue weighted by atomic mass is 10.00. The molecule has 0 radical (unpaired) electrons. The molecule has 1 aromatic carbocycles. The van der Waals surface area contributed by atoms with Crippen molar-refractivity contribution in [1.82, 2.24) is 25.9 Å². The molecule has 0 aliphatic heterocycles. The van der Waals surface area contributed by atoms with Gasteiger partial charge in [-0.25, -0.2) is 9.78 Å². The Balaban J connectivity index is 2.24. The average molecular weight is 489 g/mol. The van der Waals surface area contributed by atoms with Gasteiger partial charge in [0.1, 0.15) is 23.9 Å². The number of hydrogen-bond donors (Lipinski definition) is 7. The Kier molecular flexibility index (Phi) is 9.76. The number of H-pyrrole nitrogens is 1. The van der Waals surface area contributed by atoms with E-state index in [-0.39, 0.29) is 24.5 Å². The standard InChI is InChI=1S/C23H32N6O6/c1-12(2)19(29-20(31)13(3)24)22(33)27-17(8-14-4-6-16(30)7-5-14)21(32)28-18(23(34)35)9-15-10-25-11-26-15/h4-7,10-13,17-19,30H,8-9,24H2,1-3H3,(H,25,26)(H,27,33)(H,28,32)(H,29,31)(H,34,35). The number of aromatic nitrogens is 2. The number of carboxylic acids is 1. The highest BCUT2D eigenvalue weighted by atomic mass is 16.4. The minimum Gasteiger partial charge on any atom is -0.508 e. The van der Waals surface area contributed by atoms with Crippen molar-refractivity contribution in [2.75, 3.05) is 0 Å². The lowest BCUT2D eigenvalue weighted by Crippen LogP contribution is -2.58. The van der Waals surface area contributed by atoms with Crippen LogP contribution in [0.1, 0.15) is 32.0 Å². The molecule has 4 atom stereocenters. The molecule has 1 aromatic heterocycles. The van der Waals surface area contributed by atoms with E-state index in [9.17, 15) is 29.4 Å². The molecule has 2 rings (SSSR count). The minimum atomic E-state index is -1.28. The number of aromatic amines is 1. The highest BCUT2D eigenvalue weighted by Crippen LogP contribution is 2.13. The van der Waals surface area contributed by atoms with Crippen LogP contribution in [0.25, 0.3) is 0 Å². The molecule has 8 N–H and O–H groups in total. The number of nitrogens with zero attached hydrogens (tertiary/aromatic N) is 1. The molecule has 12 nitrogen and oxygen atoms in total. The molecular formula is C23H32N6O6. The molecule has 0 saturated heterocycles. The van der Waals surface area contributed by atoms with Gasteiger partial charge in [-0.05, 0) is 30.5 Å². The van der Waals surface area contributed by atoms with Gasteiger partial charge in [-0.2, -0.15) is 0 Å². The van der Waals surface area contributed by atoms with Gasteiger partial charge in [-0.15, -0.1) is 0 Å². The van der Waals surface area contributed by atoms with Crippen LogP contribution in [-0.4, -0.2) is 68.0 Å². The van der Waals surface area contributed by atoms with Crippen molar-refractivity contribution in [1.29, 1.82) is 0 Å². The van der Waals surface area contributed by atoms with Crippen LogP contribution in [0.5, 0.6) is 5.75 Å². The first-order valence-electron chi connectivity index (χ1n) is 11.1. The lowest BCUT2D eigenvalue weighted by molar-refractivity contribution is -0.142. The van der Waals surface area contributed by atoms with Crippen LogP contribution < -0.4 is 21.7 Å². The number of nitrogens with two attached hydrogens (primary N) is 1. The van der Waals surface area contributed by atoms with Gasteiger partial charge in [0.05, 0.1) is 12.4 Å². The maximum absolute atomic E-state index is 13.1. The Bertz CT molecular complexity index is 1010. The van der Waals surface area contributed by atoms with Crippen molar-refractivity contribution in [3.63, 3.8) is 0 Å². The minimum absolute atomic E-state index is 0.0142. The van der Waals surface area contributed by atoms with Gasteiger partial charge in [0, 0.05) is 24.7 Å². The zero-order valence-electron chi connectivity index (χ0n) is 19.8. The fourth-order valence-electron chi connectivity index (χ4n) is 3.25. The summed E-state index contributed by atoms with van der Waals surface area (Å²) in [6.07, 6.45) is 2.82. The van der Waals surface area contributed by atoms with Gasteiger partial charge in [-0.1, -0.05) is 26.0 Å². The Morgan fingerprint density at radius 2 is 1.57 bits per heavy atom. The fourth-order valence-corrected chi connectivity index (χ4v) is 3.25. The molecule has 2 aromatic rings. The van der Waals surface area contributed by atoms with Crippen molar-refractivity contribution in [2.24, 2.45) is 11.7 Å². The predicted octanol–water partition coefficient (Wildman–Crippen LogP) is -0.557. The molecule has 0 aliphatic rings. The van der Waals surface area contributed by atoms with Crippen molar-refractivity contribution in [3.05, 3.63) is 48.0 Å². The molecule has 0 fully saturated rings. The van der Waals surface area contributed by atoms with E-state index in [1.165, 1.54) is 31.6 Å². The molecule has 1 heterocycles. The number of phenols is 1. The van der Waals surface area contributed by atoms with Gasteiger partial charge in [0.15, 0.2) is 0 Å². The summed E-state index contributed by atoms with van der Waals surface area (Å²) in [5, 5.41) is 26.8. The molecule has 35 heavy (non-hydrogen) atoms. The Morgan fingerprint density at radius 3 is 2.09 bits per heavy atom. The summed E-state index contributed by atoms with van der Waals surface area (Å²) in [7, 11) is 0. The fraction of sp³-hybridized carbons (Fsp3) is 0.435. The first-order chi connectivity index (χ1) is 16.5. The third-order valence-corrected chi connectivity index (χ3v) is 5.26. The first kappa shape index (κ1) is 27.3. The third kappa shape index (κ3) is 8.41. The number of rotatable bonds is 12. The van der Waals surface area contributed by atoms with Gasteiger partial charge in [0.25, 0.3) is 0 Å². The second-order valence-electron chi connectivity index (χ2n) is 8.63. The van der Waals surface area contributed by atoms with Gasteiger partial charge in [-0.3, -0.25) is 14.4 Å². The van der Waals surface area contributed by atoms with E-state index < -0.39 is 47.9 Å². The number of carbonyl (C=O) groups is 4. The van der Waals surface area contributed by atoms with E-state index in [1.807, 2.05) is 0 Å². The SMILES string of the molecule is CC(N)C(=O)NC(C(=O)NC(Cc1ccc(O)cc1)C(=O)NC(Cc1cnc[nH]1)C(=O)O)C(C)C. The average Bonchev–Trinajstić information content (AvgIpc) is 3.30. The number of aliphatic carboxylic acids is 1. The monoisotopic (exact) mass is 488 g/mol. The molecule has 0 saturated carbocycles. The molecule has 0 bridgehead atoms. The van der Waals surface area contributed by atoms with E-state index in [0.717, 1.165) is 0 Å². The predicted molar refractivity (Wildman–Crippen MR) is 126 cm³/mol. The molecule has 4 unspecified atom stereocenters. The van der Waals surface area contributed by atoms with Crippen LogP contribution in [0.2, 0.25) is 0 Å². The maximum atomic E-state index is 13.1. The summed E-state index contributed by atoms with van der Waals surface area (Å²) in [4.78, 5) is 56.7. The number of carboxylic acid groups (broad SMARTS) is 1. The number of nitrogens with one attached hydrogen (secondary N) is 4. The number of carbonyl (C=O) groups excluding carboxylic acids is 3. The van der Waals surface area contributed by atoms with Gasteiger partial charge < -0.3 is 36.9 Å². The first-order valence-corrected chi connectivity index (χ1v) is 11.1. The van der Waals surface area contributed by atoms with Crippen LogP contribution in [-0.2, 0) is 32.0 Å². The van der Waals surface area contributed by atoms with Crippen molar-refractivity contribution >= 4 is 23.7 Å². The zero-order valence-corrected chi connectivity index (χ0v) is 19.8. The summed E-state index contributed by atoms with van der Waals surface area (Å²) < 4.78 is 0. The van der Waals surface area contributed by atoms with Crippen molar-refractivity contribution < 1.29 is 29.4 Å². The summed E-state index contributed by atoms with van der Waals surface area (Å²) >= 11 is 0. The number of hydrogen-bond acceptors (Lipinski definition) is 7.